The molecule has 1 aliphatic heterocycles. The van der Waals surface area contributed by atoms with Crippen molar-refractivity contribution in [2.75, 3.05) is 42.9 Å². The Kier molecular flexibility index (Phi) is 6.32. The van der Waals surface area contributed by atoms with Crippen LogP contribution in [0.25, 0.3) is 11.3 Å². The van der Waals surface area contributed by atoms with Gasteiger partial charge in [-0.25, -0.2) is 15.0 Å². The fourth-order valence-corrected chi connectivity index (χ4v) is 3.69. The lowest BCUT2D eigenvalue weighted by Crippen LogP contribution is -2.46. The van der Waals surface area contributed by atoms with Crippen molar-refractivity contribution in [3.05, 3.63) is 58.1 Å². The van der Waals surface area contributed by atoms with Gasteiger partial charge in [0.05, 0.1) is 17.0 Å². The highest BCUT2D eigenvalue weighted by Crippen LogP contribution is 2.31. The van der Waals surface area contributed by atoms with Crippen LogP contribution in [0.5, 0.6) is 0 Å². The van der Waals surface area contributed by atoms with Crippen molar-refractivity contribution in [2.45, 2.75) is 20.0 Å². The van der Waals surface area contributed by atoms with Crippen LogP contribution in [-0.4, -0.2) is 57.6 Å². The van der Waals surface area contributed by atoms with Crippen LogP contribution < -0.4 is 15.8 Å². The molecule has 3 heterocycles. The molecule has 1 aliphatic rings. The molecule has 0 saturated carbocycles. The number of halogens is 3. The summed E-state index contributed by atoms with van der Waals surface area (Å²) < 4.78 is 39.0. The second-order valence-corrected chi connectivity index (χ2v) is 7.77. The second kappa shape index (κ2) is 9.18. The van der Waals surface area contributed by atoms with Gasteiger partial charge < -0.3 is 15.1 Å². The van der Waals surface area contributed by atoms with Gasteiger partial charge >= 0.3 is 6.18 Å². The lowest BCUT2D eigenvalue weighted by molar-refractivity contribution is -0.137. The molecule has 2 aromatic heterocycles. The fraction of sp³-hybridized carbons (Fsp3) is 0.364. The average Bonchev–Trinajstić information content (AvgIpc) is 2.78. The molecule has 0 amide bonds. The van der Waals surface area contributed by atoms with Crippen molar-refractivity contribution in [3.8, 4) is 11.3 Å². The molecule has 11 heteroatoms. The van der Waals surface area contributed by atoms with Gasteiger partial charge in [0.25, 0.3) is 5.56 Å². The Labute approximate surface area is 188 Å². The van der Waals surface area contributed by atoms with Crippen LogP contribution in [-0.2, 0) is 6.18 Å². The number of anilines is 3. The molecule has 0 radical (unpaired) electrons. The van der Waals surface area contributed by atoms with E-state index in [1.54, 1.807) is 6.20 Å². The smallest absolute Gasteiger partial charge is 0.338 e. The van der Waals surface area contributed by atoms with E-state index in [0.717, 1.165) is 44.9 Å². The summed E-state index contributed by atoms with van der Waals surface area (Å²) in [6.07, 6.45) is -2.85. The van der Waals surface area contributed by atoms with E-state index >= 15 is 0 Å². The second-order valence-electron chi connectivity index (χ2n) is 7.77. The van der Waals surface area contributed by atoms with E-state index in [4.69, 9.17) is 0 Å². The summed E-state index contributed by atoms with van der Waals surface area (Å²) in [6, 6.07) is 5.98. The zero-order chi connectivity index (χ0) is 23.6. The fourth-order valence-electron chi connectivity index (χ4n) is 3.69. The molecule has 1 fully saturated rings. The van der Waals surface area contributed by atoms with Crippen LogP contribution in [0.15, 0.2) is 41.3 Å². The molecule has 1 aromatic carbocycles. The van der Waals surface area contributed by atoms with Gasteiger partial charge in [-0.2, -0.15) is 13.2 Å². The summed E-state index contributed by atoms with van der Waals surface area (Å²) in [5, 5.41) is 2.74. The molecule has 3 aromatic rings. The molecule has 174 valence electrons. The Morgan fingerprint density at radius 2 is 1.88 bits per heavy atom. The number of nitrogens with one attached hydrogen (secondary N) is 2. The summed E-state index contributed by atoms with van der Waals surface area (Å²) in [4.78, 5) is 32.6. The highest BCUT2D eigenvalue weighted by molar-refractivity contribution is 5.64. The van der Waals surface area contributed by atoms with Crippen LogP contribution in [0.1, 0.15) is 18.2 Å². The first kappa shape index (κ1) is 22.7. The summed E-state index contributed by atoms with van der Waals surface area (Å²) in [6.45, 7) is 8.52. The number of aromatic nitrogens is 4. The molecular weight excluding hydrogens is 435 g/mol. The first-order valence-electron chi connectivity index (χ1n) is 10.6. The summed E-state index contributed by atoms with van der Waals surface area (Å²) in [7, 11) is 0. The topological polar surface area (TPSA) is 90.0 Å². The lowest BCUT2D eigenvalue weighted by Gasteiger charge is -2.34. The van der Waals surface area contributed by atoms with Crippen molar-refractivity contribution in [1.82, 2.24) is 24.8 Å². The molecule has 0 spiro atoms. The first-order chi connectivity index (χ1) is 15.7. The normalized spacial score (nSPS) is 15.0. The number of hydrogen-bond acceptors (Lipinski definition) is 7. The molecule has 2 N–H and O–H groups in total. The van der Waals surface area contributed by atoms with Crippen molar-refractivity contribution < 1.29 is 13.2 Å². The van der Waals surface area contributed by atoms with Crippen LogP contribution in [0.2, 0.25) is 0 Å². The summed E-state index contributed by atoms with van der Waals surface area (Å²) in [5.41, 5.74) is 0.456. The quantitative estimate of drug-likeness (QED) is 0.604. The third-order valence-electron chi connectivity index (χ3n) is 5.54. The Morgan fingerprint density at radius 3 is 2.55 bits per heavy atom. The Balaban J connectivity index is 1.57. The molecule has 0 unspecified atom stereocenters. The maximum absolute atomic E-state index is 13.0. The maximum Gasteiger partial charge on any atom is 0.416 e. The average molecular weight is 459 g/mol. The van der Waals surface area contributed by atoms with Crippen molar-refractivity contribution >= 4 is 17.6 Å². The predicted molar refractivity (Wildman–Crippen MR) is 120 cm³/mol. The SMILES string of the molecule is CCN1CCN(c2ncc(-c3cc(=O)[nH]c(Nc4cccc(C(F)(F)F)c4)n3)c(C)n2)CC1. The largest absolute Gasteiger partial charge is 0.416 e. The van der Waals surface area contributed by atoms with E-state index in [2.05, 4.69) is 42.0 Å². The van der Waals surface area contributed by atoms with Gasteiger partial charge in [-0.05, 0) is 31.7 Å². The number of hydrogen-bond donors (Lipinski definition) is 2. The van der Waals surface area contributed by atoms with E-state index in [1.807, 2.05) is 6.92 Å². The third kappa shape index (κ3) is 5.30. The Bertz CT molecular complexity index is 1190. The van der Waals surface area contributed by atoms with Crippen LogP contribution in [0.4, 0.5) is 30.8 Å². The Morgan fingerprint density at radius 1 is 1.12 bits per heavy atom. The maximum atomic E-state index is 13.0. The van der Waals surface area contributed by atoms with Gasteiger partial charge in [-0.15, -0.1) is 0 Å². The molecule has 0 bridgehead atoms. The van der Waals surface area contributed by atoms with E-state index < -0.39 is 17.3 Å². The standard InChI is InChI=1S/C22H24F3N7O/c1-3-31-7-9-32(10-8-31)21-26-13-17(14(2)27-21)18-12-19(33)30-20(29-18)28-16-6-4-5-15(11-16)22(23,24)25/h4-6,11-13H,3,7-10H2,1-2H3,(H2,28,29,30,33). The Hall–Kier alpha value is -3.47. The highest BCUT2D eigenvalue weighted by Gasteiger charge is 2.30. The van der Waals surface area contributed by atoms with Crippen LogP contribution in [0.3, 0.4) is 0 Å². The monoisotopic (exact) mass is 459 g/mol. The van der Waals surface area contributed by atoms with Gasteiger partial charge in [-0.3, -0.25) is 9.78 Å². The number of H-pyrrole nitrogens is 1. The van der Waals surface area contributed by atoms with Gasteiger partial charge in [0.15, 0.2) is 0 Å². The zero-order valence-corrected chi connectivity index (χ0v) is 18.3. The van der Waals surface area contributed by atoms with Crippen molar-refractivity contribution in [1.29, 1.82) is 0 Å². The van der Waals surface area contributed by atoms with Gasteiger partial charge in [0.2, 0.25) is 11.9 Å². The number of nitrogens with zero attached hydrogens (tertiary/aromatic N) is 5. The molecule has 4 rings (SSSR count). The molecule has 0 atom stereocenters. The van der Waals surface area contributed by atoms with Gasteiger partial charge in [0, 0.05) is 49.7 Å². The van der Waals surface area contributed by atoms with Crippen molar-refractivity contribution in [2.24, 2.45) is 0 Å². The van der Waals surface area contributed by atoms with E-state index in [0.29, 0.717) is 22.9 Å². The molecule has 33 heavy (non-hydrogen) atoms. The van der Waals surface area contributed by atoms with Crippen LogP contribution >= 0.6 is 0 Å². The number of likely N-dealkylation sites (N-methyl/N-ethyl adjacent to an activating group) is 1. The van der Waals surface area contributed by atoms with Gasteiger partial charge in [0.1, 0.15) is 0 Å². The molecule has 0 aliphatic carbocycles. The van der Waals surface area contributed by atoms with E-state index in [-0.39, 0.29) is 11.6 Å². The summed E-state index contributed by atoms with van der Waals surface area (Å²) in [5.74, 6) is 0.648. The van der Waals surface area contributed by atoms with Crippen LogP contribution in [0, 0.1) is 6.92 Å². The first-order valence-corrected chi connectivity index (χ1v) is 10.6. The number of benzene rings is 1. The minimum absolute atomic E-state index is 0.0241. The zero-order valence-electron chi connectivity index (χ0n) is 18.3. The number of piperazine rings is 1. The molecule has 1 saturated heterocycles. The number of alkyl halides is 3. The number of aryl methyl sites for hydroxylation is 1. The molecular formula is C22H24F3N7O. The number of aromatic amines is 1. The minimum Gasteiger partial charge on any atom is -0.338 e. The summed E-state index contributed by atoms with van der Waals surface area (Å²) >= 11 is 0. The van der Waals surface area contributed by atoms with E-state index in [1.165, 1.54) is 18.2 Å². The highest BCUT2D eigenvalue weighted by atomic mass is 19.4. The van der Waals surface area contributed by atoms with Crippen molar-refractivity contribution in [3.63, 3.8) is 0 Å². The van der Waals surface area contributed by atoms with E-state index in [9.17, 15) is 18.0 Å². The number of rotatable bonds is 5. The third-order valence-corrected chi connectivity index (χ3v) is 5.54. The minimum atomic E-state index is -4.47. The molecule has 8 nitrogen and oxygen atoms in total. The lowest BCUT2D eigenvalue weighted by atomic mass is 10.1. The predicted octanol–water partition coefficient (Wildman–Crippen LogP) is 3.44. The van der Waals surface area contributed by atoms with Gasteiger partial charge in [-0.1, -0.05) is 13.0 Å².